The van der Waals surface area contributed by atoms with E-state index in [2.05, 4.69) is 9.71 Å². The molecule has 0 aliphatic heterocycles. The van der Waals surface area contributed by atoms with Crippen molar-refractivity contribution >= 4 is 21.8 Å². The predicted molar refractivity (Wildman–Crippen MR) is 61.4 cm³/mol. The number of nitrogens with one attached hydrogen (secondary N) is 1. The predicted octanol–water partition coefficient (Wildman–Crippen LogP) is -0.489. The van der Waals surface area contributed by atoms with Crippen LogP contribution in [0.2, 0.25) is 0 Å². The summed E-state index contributed by atoms with van der Waals surface area (Å²) in [6.45, 7) is -0.203. The van der Waals surface area contributed by atoms with Crippen molar-refractivity contribution in [3.8, 4) is 0 Å². The average Bonchev–Trinajstić information content (AvgIpc) is 2.28. The molecule has 8 heteroatoms. The zero-order valence-electron chi connectivity index (χ0n) is 9.41. The third-order valence-electron chi connectivity index (χ3n) is 2.06. The van der Waals surface area contributed by atoms with Gasteiger partial charge in [-0.25, -0.2) is 18.1 Å². The van der Waals surface area contributed by atoms with Crippen LogP contribution in [-0.2, 0) is 14.8 Å². The minimum atomic E-state index is -3.51. The number of aliphatic carboxylic acids is 1. The van der Waals surface area contributed by atoms with Crippen LogP contribution in [0, 0.1) is 0 Å². The molecule has 17 heavy (non-hydrogen) atoms. The number of nitrogens with zero attached hydrogens (tertiary/aromatic N) is 2. The summed E-state index contributed by atoms with van der Waals surface area (Å²) >= 11 is 0. The summed E-state index contributed by atoms with van der Waals surface area (Å²) in [4.78, 5) is 15.8. The Balaban J connectivity index is 2.92. The van der Waals surface area contributed by atoms with Gasteiger partial charge in [0.05, 0.1) is 0 Å². The first-order chi connectivity index (χ1) is 7.86. The summed E-state index contributed by atoms with van der Waals surface area (Å²) in [5.41, 5.74) is 0. The van der Waals surface area contributed by atoms with Gasteiger partial charge in [-0.2, -0.15) is 0 Å². The molecule has 1 rings (SSSR count). The molecule has 0 aliphatic carbocycles. The Morgan fingerprint density at radius 2 is 2.18 bits per heavy atom. The minimum absolute atomic E-state index is 0.0347. The lowest BCUT2D eigenvalue weighted by atomic mass is 10.4. The summed E-state index contributed by atoms with van der Waals surface area (Å²) in [5, 5.41) is 8.59. The van der Waals surface area contributed by atoms with Gasteiger partial charge in [-0.3, -0.25) is 4.79 Å². The summed E-state index contributed by atoms with van der Waals surface area (Å²) in [6.07, 6.45) is 1.18. The first kappa shape index (κ1) is 13.4. The van der Waals surface area contributed by atoms with Gasteiger partial charge in [0, 0.05) is 13.2 Å². The van der Waals surface area contributed by atoms with Crippen molar-refractivity contribution in [2.75, 3.05) is 25.5 Å². The van der Waals surface area contributed by atoms with Gasteiger partial charge in [0.2, 0.25) is 10.0 Å². The number of anilines is 1. The van der Waals surface area contributed by atoms with Crippen LogP contribution in [0.25, 0.3) is 0 Å². The lowest BCUT2D eigenvalue weighted by molar-refractivity contribution is -0.135. The highest BCUT2D eigenvalue weighted by atomic mass is 32.2. The molecule has 0 bridgehead atoms. The third kappa shape index (κ3) is 3.40. The molecule has 7 nitrogen and oxygen atoms in total. The van der Waals surface area contributed by atoms with Crippen molar-refractivity contribution in [2.45, 2.75) is 4.90 Å². The zero-order chi connectivity index (χ0) is 13.1. The number of rotatable bonds is 5. The Labute approximate surface area is 99.1 Å². The quantitative estimate of drug-likeness (QED) is 0.740. The maximum absolute atomic E-state index is 11.4. The van der Waals surface area contributed by atoms with Gasteiger partial charge >= 0.3 is 5.97 Å². The van der Waals surface area contributed by atoms with Crippen LogP contribution in [0.3, 0.4) is 0 Å². The molecule has 1 aromatic heterocycles. The monoisotopic (exact) mass is 259 g/mol. The molecule has 0 atom stereocenters. The van der Waals surface area contributed by atoms with Gasteiger partial charge in [0.25, 0.3) is 0 Å². The van der Waals surface area contributed by atoms with E-state index in [0.717, 1.165) is 0 Å². The molecular weight excluding hydrogens is 246 g/mol. The second-order valence-corrected chi connectivity index (χ2v) is 5.20. The van der Waals surface area contributed by atoms with Crippen LogP contribution >= 0.6 is 0 Å². The number of carboxylic acid groups (broad SMARTS) is 1. The number of pyridine rings is 1. The molecule has 2 N–H and O–H groups in total. The van der Waals surface area contributed by atoms with E-state index in [4.69, 9.17) is 5.11 Å². The van der Waals surface area contributed by atoms with Crippen LogP contribution in [0.5, 0.6) is 0 Å². The van der Waals surface area contributed by atoms with Crippen molar-refractivity contribution in [3.05, 3.63) is 18.3 Å². The number of aromatic nitrogens is 1. The van der Waals surface area contributed by atoms with Gasteiger partial charge < -0.3 is 10.0 Å². The number of likely N-dealkylation sites (N-methyl/N-ethyl adjacent to an activating group) is 1. The highest BCUT2D eigenvalue weighted by molar-refractivity contribution is 7.89. The molecule has 0 spiro atoms. The molecule has 0 saturated heterocycles. The molecule has 1 aromatic rings. The molecule has 0 aliphatic rings. The van der Waals surface area contributed by atoms with Crippen molar-refractivity contribution in [3.63, 3.8) is 0 Å². The van der Waals surface area contributed by atoms with E-state index < -0.39 is 16.0 Å². The van der Waals surface area contributed by atoms with Gasteiger partial charge in [0.1, 0.15) is 17.3 Å². The maximum atomic E-state index is 11.4. The van der Waals surface area contributed by atoms with Gasteiger partial charge in [-0.15, -0.1) is 0 Å². The number of carboxylic acids is 1. The normalized spacial score (nSPS) is 11.2. The van der Waals surface area contributed by atoms with Crippen molar-refractivity contribution in [1.29, 1.82) is 0 Å². The number of carbonyl (C=O) groups is 1. The standard InChI is InChI=1S/C9H13N3O4S/c1-10-17(15,16)7-3-4-8(11-5-7)12(2)6-9(13)14/h3-5,10H,6H2,1-2H3,(H,13,14). The van der Waals surface area contributed by atoms with Crippen LogP contribution in [0.1, 0.15) is 0 Å². The topological polar surface area (TPSA) is 99.6 Å². The molecule has 1 heterocycles. The first-order valence-corrected chi connectivity index (χ1v) is 6.17. The van der Waals surface area contributed by atoms with Crippen LogP contribution in [-0.4, -0.2) is 45.1 Å². The average molecular weight is 259 g/mol. The van der Waals surface area contributed by atoms with E-state index in [9.17, 15) is 13.2 Å². The van der Waals surface area contributed by atoms with Crippen LogP contribution in [0.15, 0.2) is 23.2 Å². The Morgan fingerprint density at radius 3 is 2.59 bits per heavy atom. The molecular formula is C9H13N3O4S. The lowest BCUT2D eigenvalue weighted by Gasteiger charge is -2.15. The molecule has 0 fully saturated rings. The Hall–Kier alpha value is -1.67. The molecule has 0 radical (unpaired) electrons. The van der Waals surface area contributed by atoms with E-state index in [0.29, 0.717) is 5.82 Å². The van der Waals surface area contributed by atoms with E-state index >= 15 is 0 Å². The Morgan fingerprint density at radius 1 is 1.53 bits per heavy atom. The molecule has 94 valence electrons. The van der Waals surface area contributed by atoms with Gasteiger partial charge in [-0.05, 0) is 19.2 Å². The Bertz CT molecular complexity index is 497. The number of hydrogen-bond donors (Lipinski definition) is 2. The van der Waals surface area contributed by atoms with Crippen molar-refractivity contribution in [2.24, 2.45) is 0 Å². The summed E-state index contributed by atoms with van der Waals surface area (Å²) in [5.74, 6) is -0.594. The highest BCUT2D eigenvalue weighted by Gasteiger charge is 2.13. The van der Waals surface area contributed by atoms with E-state index in [1.807, 2.05) is 0 Å². The van der Waals surface area contributed by atoms with E-state index in [-0.39, 0.29) is 11.4 Å². The van der Waals surface area contributed by atoms with E-state index in [1.54, 1.807) is 7.05 Å². The largest absolute Gasteiger partial charge is 0.480 e. The van der Waals surface area contributed by atoms with Gasteiger partial charge in [0.15, 0.2) is 0 Å². The maximum Gasteiger partial charge on any atom is 0.323 e. The molecule has 0 amide bonds. The van der Waals surface area contributed by atoms with Crippen molar-refractivity contribution in [1.82, 2.24) is 9.71 Å². The summed E-state index contributed by atoms with van der Waals surface area (Å²) < 4.78 is 25.0. The lowest BCUT2D eigenvalue weighted by Crippen LogP contribution is -2.26. The number of hydrogen-bond acceptors (Lipinski definition) is 5. The fourth-order valence-corrected chi connectivity index (χ4v) is 1.83. The fourth-order valence-electron chi connectivity index (χ4n) is 1.16. The summed E-state index contributed by atoms with van der Waals surface area (Å²) in [6, 6.07) is 2.82. The van der Waals surface area contributed by atoms with Crippen molar-refractivity contribution < 1.29 is 18.3 Å². The van der Waals surface area contributed by atoms with E-state index in [1.165, 1.54) is 30.3 Å². The second kappa shape index (κ2) is 5.11. The van der Waals surface area contributed by atoms with Gasteiger partial charge in [-0.1, -0.05) is 0 Å². The molecule has 0 saturated carbocycles. The first-order valence-electron chi connectivity index (χ1n) is 4.69. The third-order valence-corrected chi connectivity index (χ3v) is 3.46. The smallest absolute Gasteiger partial charge is 0.323 e. The molecule has 0 unspecified atom stereocenters. The zero-order valence-corrected chi connectivity index (χ0v) is 10.2. The Kier molecular flexibility index (Phi) is 4.02. The fraction of sp³-hybridized carbons (Fsp3) is 0.333. The number of sulfonamides is 1. The molecule has 0 aromatic carbocycles. The SMILES string of the molecule is CNS(=O)(=O)c1ccc(N(C)CC(=O)O)nc1. The summed E-state index contributed by atoms with van der Waals surface area (Å²) in [7, 11) is -0.647. The minimum Gasteiger partial charge on any atom is -0.480 e. The highest BCUT2D eigenvalue weighted by Crippen LogP contribution is 2.12. The van der Waals surface area contributed by atoms with Crippen LogP contribution < -0.4 is 9.62 Å². The second-order valence-electron chi connectivity index (χ2n) is 3.31. The van der Waals surface area contributed by atoms with Crippen LogP contribution in [0.4, 0.5) is 5.82 Å².